The summed E-state index contributed by atoms with van der Waals surface area (Å²) in [6, 6.07) is 13.2. The van der Waals surface area contributed by atoms with Crippen LogP contribution in [0.25, 0.3) is 5.57 Å². The first-order valence-corrected chi connectivity index (χ1v) is 12.7. The molecule has 1 atom stereocenters. The summed E-state index contributed by atoms with van der Waals surface area (Å²) >= 11 is -0.455. The molecule has 0 radical (unpaired) electrons. The molecule has 0 aromatic heterocycles. The van der Waals surface area contributed by atoms with Gasteiger partial charge in [-0.25, -0.2) is 4.79 Å². The molecule has 0 saturated carbocycles. The van der Waals surface area contributed by atoms with Gasteiger partial charge in [-0.2, -0.15) is 13.2 Å². The topological polar surface area (TPSA) is 130 Å². The number of benzene rings is 3. The smallest absolute Gasteiger partial charge is 0.479 e. The lowest BCUT2D eigenvalue weighted by Gasteiger charge is -2.12. The van der Waals surface area contributed by atoms with Crippen LogP contribution in [0.3, 0.4) is 0 Å². The normalized spacial score (nSPS) is 12.8. The minimum atomic E-state index is -4.99. The monoisotopic (exact) mass is 627 g/mol. The number of thioether (sulfide) groups is 1. The van der Waals surface area contributed by atoms with Crippen molar-refractivity contribution in [2.24, 2.45) is 0 Å². The van der Waals surface area contributed by atoms with Gasteiger partial charge < -0.3 is 20.3 Å². The van der Waals surface area contributed by atoms with E-state index >= 15 is 0 Å². The standard InChI is InChI=1S/C28H19F6NO7S/c29-27(30,31)42-19-10-8-15(9-11-19)21(13-22(36)18-2-1-3-20(12-18)43-28(32,33)34)24(38)16-4-6-17(7-5-16)25(39)35-14-23(37)26(40)41/h1-13,23,37H,14H2,(H,35,39)(H,40,41)/b21-13+. The van der Waals surface area contributed by atoms with Crippen molar-refractivity contribution in [3.63, 3.8) is 0 Å². The van der Waals surface area contributed by atoms with Crippen LogP contribution in [-0.4, -0.2) is 58.2 Å². The molecule has 226 valence electrons. The Morgan fingerprint density at radius 3 is 1.98 bits per heavy atom. The largest absolute Gasteiger partial charge is 0.573 e. The zero-order chi connectivity index (χ0) is 31.9. The van der Waals surface area contributed by atoms with Crippen LogP contribution in [0.2, 0.25) is 0 Å². The average molecular weight is 628 g/mol. The van der Waals surface area contributed by atoms with Crippen LogP contribution in [0.4, 0.5) is 26.3 Å². The van der Waals surface area contributed by atoms with Gasteiger partial charge in [0.05, 0.1) is 6.54 Å². The Kier molecular flexibility index (Phi) is 10.4. The third-order valence-corrected chi connectivity index (χ3v) is 6.14. The van der Waals surface area contributed by atoms with Gasteiger partial charge in [0.25, 0.3) is 5.91 Å². The number of rotatable bonds is 11. The minimum Gasteiger partial charge on any atom is -0.479 e. The molecule has 0 aliphatic heterocycles. The van der Waals surface area contributed by atoms with E-state index < -0.39 is 65.5 Å². The molecule has 3 rings (SSSR count). The number of carboxylic acid groups (broad SMARTS) is 1. The highest BCUT2D eigenvalue weighted by Crippen LogP contribution is 2.37. The number of allylic oxidation sites excluding steroid dienone is 2. The van der Waals surface area contributed by atoms with E-state index in [2.05, 4.69) is 10.1 Å². The van der Waals surface area contributed by atoms with E-state index in [4.69, 9.17) is 5.11 Å². The number of ketones is 2. The van der Waals surface area contributed by atoms with Crippen molar-refractivity contribution in [2.45, 2.75) is 22.9 Å². The number of Topliss-reactive ketones (excluding diaryl/α,β-unsaturated/α-hetero) is 1. The lowest BCUT2D eigenvalue weighted by Crippen LogP contribution is -2.36. The van der Waals surface area contributed by atoms with Crippen molar-refractivity contribution >= 4 is 40.8 Å². The molecule has 0 heterocycles. The van der Waals surface area contributed by atoms with E-state index in [-0.39, 0.29) is 32.7 Å². The van der Waals surface area contributed by atoms with Crippen LogP contribution >= 0.6 is 11.8 Å². The van der Waals surface area contributed by atoms with E-state index in [1.165, 1.54) is 36.4 Å². The van der Waals surface area contributed by atoms with Crippen molar-refractivity contribution in [2.75, 3.05) is 6.54 Å². The molecule has 43 heavy (non-hydrogen) atoms. The van der Waals surface area contributed by atoms with E-state index in [1.807, 2.05) is 0 Å². The minimum absolute atomic E-state index is 0.0247. The number of amides is 1. The van der Waals surface area contributed by atoms with Gasteiger partial charge in [0, 0.05) is 27.2 Å². The number of nitrogens with one attached hydrogen (secondary N) is 1. The summed E-state index contributed by atoms with van der Waals surface area (Å²) in [6.45, 7) is -0.597. The van der Waals surface area contributed by atoms with Crippen LogP contribution < -0.4 is 10.1 Å². The third-order valence-electron chi connectivity index (χ3n) is 5.42. The summed E-state index contributed by atoms with van der Waals surface area (Å²) in [6.07, 6.45) is -6.02. The molecule has 0 bridgehead atoms. The van der Waals surface area contributed by atoms with E-state index in [0.717, 1.165) is 42.5 Å². The van der Waals surface area contributed by atoms with Gasteiger partial charge in [-0.3, -0.25) is 14.4 Å². The summed E-state index contributed by atoms with van der Waals surface area (Å²) in [4.78, 5) is 49.2. The first-order chi connectivity index (χ1) is 20.0. The Hall–Kier alpha value is -4.63. The molecule has 0 saturated heterocycles. The average Bonchev–Trinajstić information content (AvgIpc) is 2.93. The predicted molar refractivity (Wildman–Crippen MR) is 141 cm³/mol. The number of carbonyl (C=O) groups excluding carboxylic acids is 3. The molecule has 0 spiro atoms. The van der Waals surface area contributed by atoms with Crippen LogP contribution in [0.1, 0.15) is 36.6 Å². The third kappa shape index (κ3) is 10.0. The second-order valence-corrected chi connectivity index (χ2v) is 9.68. The Labute approximate surface area is 243 Å². The summed E-state index contributed by atoms with van der Waals surface area (Å²) in [7, 11) is 0. The molecule has 8 nitrogen and oxygen atoms in total. The highest BCUT2D eigenvalue weighted by molar-refractivity contribution is 8.00. The molecule has 0 fully saturated rings. The van der Waals surface area contributed by atoms with Crippen molar-refractivity contribution in [3.05, 3.63) is 101 Å². The number of aliphatic hydroxyl groups excluding tert-OH is 1. The number of carbonyl (C=O) groups is 4. The number of aliphatic hydroxyl groups is 1. The number of alkyl halides is 6. The predicted octanol–water partition coefficient (Wildman–Crippen LogP) is 5.52. The number of hydrogen-bond acceptors (Lipinski definition) is 7. The van der Waals surface area contributed by atoms with Gasteiger partial charge in [-0.15, -0.1) is 13.2 Å². The van der Waals surface area contributed by atoms with E-state index in [0.29, 0.717) is 0 Å². The van der Waals surface area contributed by atoms with Crippen molar-refractivity contribution in [1.82, 2.24) is 5.32 Å². The SMILES string of the molecule is O=C(/C=C(/C(=O)c1ccc(C(=O)NCC(O)C(=O)O)cc1)c1ccc(OC(F)(F)F)cc1)c1cccc(SC(F)(F)F)c1. The second-order valence-electron chi connectivity index (χ2n) is 8.54. The number of carboxylic acids is 1. The lowest BCUT2D eigenvalue weighted by molar-refractivity contribution is -0.274. The number of aliphatic carboxylic acids is 1. The molecular weight excluding hydrogens is 608 g/mol. The fourth-order valence-corrected chi connectivity index (χ4v) is 4.08. The Morgan fingerprint density at radius 2 is 1.42 bits per heavy atom. The molecule has 3 aromatic rings. The van der Waals surface area contributed by atoms with Gasteiger partial charge >= 0.3 is 17.8 Å². The highest BCUT2D eigenvalue weighted by atomic mass is 32.2. The van der Waals surface area contributed by atoms with E-state index in [1.54, 1.807) is 0 Å². The van der Waals surface area contributed by atoms with Crippen molar-refractivity contribution < 1.29 is 60.5 Å². The molecular formula is C28H19F6NO7S. The van der Waals surface area contributed by atoms with Crippen molar-refractivity contribution in [3.8, 4) is 5.75 Å². The Balaban J connectivity index is 1.95. The summed E-state index contributed by atoms with van der Waals surface area (Å²) < 4.78 is 80.0. The maximum absolute atomic E-state index is 13.5. The lowest BCUT2D eigenvalue weighted by atomic mass is 9.94. The highest BCUT2D eigenvalue weighted by Gasteiger charge is 2.31. The van der Waals surface area contributed by atoms with Gasteiger partial charge in [-0.05, 0) is 59.8 Å². The van der Waals surface area contributed by atoms with Gasteiger partial charge in [-0.1, -0.05) is 36.4 Å². The quantitative estimate of drug-likeness (QED) is 0.110. The van der Waals surface area contributed by atoms with Crippen LogP contribution in [-0.2, 0) is 4.79 Å². The zero-order valence-corrected chi connectivity index (χ0v) is 22.2. The van der Waals surface area contributed by atoms with Crippen LogP contribution in [0.15, 0.2) is 83.8 Å². The number of hydrogen-bond donors (Lipinski definition) is 3. The number of ether oxygens (including phenoxy) is 1. The van der Waals surface area contributed by atoms with Crippen LogP contribution in [0.5, 0.6) is 5.75 Å². The molecule has 1 unspecified atom stereocenters. The van der Waals surface area contributed by atoms with Gasteiger partial charge in [0.15, 0.2) is 17.7 Å². The molecule has 0 aliphatic rings. The maximum Gasteiger partial charge on any atom is 0.573 e. The first-order valence-electron chi connectivity index (χ1n) is 11.8. The van der Waals surface area contributed by atoms with Crippen molar-refractivity contribution in [1.29, 1.82) is 0 Å². The zero-order valence-electron chi connectivity index (χ0n) is 21.4. The number of halogens is 6. The molecule has 0 aliphatic carbocycles. The Bertz CT molecular complexity index is 1530. The molecule has 15 heteroatoms. The summed E-state index contributed by atoms with van der Waals surface area (Å²) in [5.41, 5.74) is -5.30. The van der Waals surface area contributed by atoms with Crippen LogP contribution in [0, 0.1) is 0 Å². The maximum atomic E-state index is 13.5. The second kappa shape index (κ2) is 13.6. The van der Waals surface area contributed by atoms with Gasteiger partial charge in [0.1, 0.15) is 5.75 Å². The fourth-order valence-electron chi connectivity index (χ4n) is 3.48. The molecule has 1 amide bonds. The summed E-state index contributed by atoms with van der Waals surface area (Å²) in [5, 5.41) is 20.2. The molecule has 3 N–H and O–H groups in total. The van der Waals surface area contributed by atoms with Gasteiger partial charge in [0.2, 0.25) is 0 Å². The Morgan fingerprint density at radius 1 is 0.837 bits per heavy atom. The first kappa shape index (κ1) is 32.9. The summed E-state index contributed by atoms with van der Waals surface area (Å²) in [5.74, 6) is -4.65. The fraction of sp³-hybridized carbons (Fsp3) is 0.143. The van der Waals surface area contributed by atoms with E-state index in [9.17, 15) is 50.6 Å². The molecule has 3 aromatic carbocycles.